The number of aromatic nitrogens is 1. The molecule has 0 amide bonds. The number of halogens is 2. The Morgan fingerprint density at radius 2 is 2.00 bits per heavy atom. The molecule has 0 aliphatic carbocycles. The van der Waals surface area contributed by atoms with Crippen LogP contribution in [0.15, 0.2) is 36.4 Å². The Morgan fingerprint density at radius 1 is 1.30 bits per heavy atom. The van der Waals surface area contributed by atoms with Crippen LogP contribution in [0.5, 0.6) is 0 Å². The van der Waals surface area contributed by atoms with Crippen LogP contribution in [0.25, 0.3) is 0 Å². The van der Waals surface area contributed by atoms with Gasteiger partial charge < -0.3 is 10.5 Å². The number of nitrogens with one attached hydrogen (secondary N) is 1. The zero-order valence-corrected chi connectivity index (χ0v) is 11.6. The highest BCUT2D eigenvalue weighted by molar-refractivity contribution is 6.29. The minimum Gasteiger partial charge on any atom is -0.620 e. The van der Waals surface area contributed by atoms with Gasteiger partial charge in [-0.15, -0.1) is 0 Å². The molecule has 0 radical (unpaired) electrons. The molecule has 104 valence electrons. The van der Waals surface area contributed by atoms with E-state index in [0.29, 0.717) is 23.7 Å². The van der Waals surface area contributed by atoms with Crippen molar-refractivity contribution in [2.75, 3.05) is 11.9 Å². The first-order valence-electron chi connectivity index (χ1n) is 6.28. The van der Waals surface area contributed by atoms with Crippen molar-refractivity contribution < 1.29 is 4.39 Å². The molecule has 2 atom stereocenters. The SMILES string of the molecule is CC1CNc2ccc(Cl)nc2[N+]1([O-])c1ccc(F)cc1. The maximum atomic E-state index is 13.4. The van der Waals surface area contributed by atoms with Crippen LogP contribution in [-0.2, 0) is 0 Å². The zero-order chi connectivity index (χ0) is 14.3. The molecule has 4 nitrogen and oxygen atoms in total. The fourth-order valence-corrected chi connectivity index (χ4v) is 2.59. The maximum absolute atomic E-state index is 13.4. The van der Waals surface area contributed by atoms with Crippen LogP contribution in [0, 0.1) is 11.0 Å². The van der Waals surface area contributed by atoms with Crippen LogP contribution in [0.1, 0.15) is 6.92 Å². The monoisotopic (exact) mass is 293 g/mol. The second-order valence-electron chi connectivity index (χ2n) is 4.87. The largest absolute Gasteiger partial charge is 0.620 e. The van der Waals surface area contributed by atoms with Gasteiger partial charge in [0, 0.05) is 12.1 Å². The third-order valence-electron chi connectivity index (χ3n) is 3.57. The van der Waals surface area contributed by atoms with Gasteiger partial charge in [0.2, 0.25) is 0 Å². The van der Waals surface area contributed by atoms with Crippen LogP contribution in [0.3, 0.4) is 0 Å². The summed E-state index contributed by atoms with van der Waals surface area (Å²) in [4.78, 5) is 4.19. The molecule has 0 saturated carbocycles. The lowest BCUT2D eigenvalue weighted by Crippen LogP contribution is -2.52. The Kier molecular flexibility index (Phi) is 3.12. The highest BCUT2D eigenvalue weighted by Crippen LogP contribution is 2.42. The number of pyridine rings is 1. The van der Waals surface area contributed by atoms with Crippen molar-refractivity contribution in [2.24, 2.45) is 0 Å². The Labute approximate surface area is 121 Å². The van der Waals surface area contributed by atoms with Crippen molar-refractivity contribution >= 4 is 28.8 Å². The molecule has 2 heterocycles. The van der Waals surface area contributed by atoms with E-state index in [1.54, 1.807) is 12.1 Å². The second kappa shape index (κ2) is 4.70. The van der Waals surface area contributed by atoms with Crippen LogP contribution in [0.4, 0.5) is 21.6 Å². The number of rotatable bonds is 1. The molecule has 1 N–H and O–H groups in total. The van der Waals surface area contributed by atoms with Gasteiger partial charge in [0.1, 0.15) is 28.4 Å². The van der Waals surface area contributed by atoms with Gasteiger partial charge in [-0.2, -0.15) is 4.98 Å². The van der Waals surface area contributed by atoms with E-state index in [-0.39, 0.29) is 17.0 Å². The van der Waals surface area contributed by atoms with E-state index in [1.165, 1.54) is 24.3 Å². The molecule has 0 spiro atoms. The highest BCUT2D eigenvalue weighted by atomic mass is 35.5. The van der Waals surface area contributed by atoms with Crippen molar-refractivity contribution in [3.05, 3.63) is 52.6 Å². The molecule has 2 unspecified atom stereocenters. The van der Waals surface area contributed by atoms with Crippen molar-refractivity contribution in [3.63, 3.8) is 0 Å². The molecular formula is C14H13ClFN3O. The second-order valence-corrected chi connectivity index (χ2v) is 5.26. The summed E-state index contributed by atoms with van der Waals surface area (Å²) >= 11 is 5.92. The first-order valence-corrected chi connectivity index (χ1v) is 6.66. The fraction of sp³-hybridized carbons (Fsp3) is 0.214. The number of nitrogens with zero attached hydrogens (tertiary/aromatic N) is 2. The van der Waals surface area contributed by atoms with Gasteiger partial charge in [-0.05, 0) is 31.2 Å². The number of fused-ring (bicyclic) bond motifs is 1. The van der Waals surface area contributed by atoms with Gasteiger partial charge in [-0.1, -0.05) is 11.6 Å². The summed E-state index contributed by atoms with van der Waals surface area (Å²) in [7, 11) is 0. The summed E-state index contributed by atoms with van der Waals surface area (Å²) in [5, 5.41) is 16.8. The molecule has 0 fully saturated rings. The number of hydroxylamine groups is 1. The summed E-state index contributed by atoms with van der Waals surface area (Å²) in [6, 6.07) is 8.65. The van der Waals surface area contributed by atoms with E-state index < -0.39 is 4.65 Å². The molecule has 0 bridgehead atoms. The lowest BCUT2D eigenvalue weighted by Gasteiger charge is -2.48. The van der Waals surface area contributed by atoms with Gasteiger partial charge in [0.25, 0.3) is 5.82 Å². The van der Waals surface area contributed by atoms with Crippen LogP contribution >= 0.6 is 11.6 Å². The first kappa shape index (κ1) is 13.3. The quantitative estimate of drug-likeness (QED) is 0.494. The molecule has 6 heteroatoms. The van der Waals surface area contributed by atoms with Gasteiger partial charge >= 0.3 is 0 Å². The topological polar surface area (TPSA) is 48.0 Å². The van der Waals surface area contributed by atoms with E-state index in [0.717, 1.165) is 0 Å². The van der Waals surface area contributed by atoms with Crippen molar-refractivity contribution in [3.8, 4) is 0 Å². The molecule has 3 rings (SSSR count). The van der Waals surface area contributed by atoms with Crippen molar-refractivity contribution in [1.82, 2.24) is 9.63 Å². The Balaban J connectivity index is 2.21. The maximum Gasteiger partial charge on any atom is 0.258 e. The van der Waals surface area contributed by atoms with Gasteiger partial charge in [-0.25, -0.2) is 4.39 Å². The van der Waals surface area contributed by atoms with E-state index >= 15 is 0 Å². The van der Waals surface area contributed by atoms with Crippen LogP contribution in [0.2, 0.25) is 5.15 Å². The minimum atomic E-state index is -0.747. The van der Waals surface area contributed by atoms with E-state index in [1.807, 2.05) is 6.92 Å². The number of anilines is 1. The number of benzene rings is 1. The predicted molar refractivity (Wildman–Crippen MR) is 78.4 cm³/mol. The Morgan fingerprint density at radius 3 is 2.70 bits per heavy atom. The summed E-state index contributed by atoms with van der Waals surface area (Å²) < 4.78 is 12.3. The van der Waals surface area contributed by atoms with Crippen molar-refractivity contribution in [1.29, 1.82) is 0 Å². The lowest BCUT2D eigenvalue weighted by molar-refractivity contribution is 0.389. The van der Waals surface area contributed by atoms with E-state index in [2.05, 4.69) is 10.3 Å². The Hall–Kier alpha value is -1.69. The molecular weight excluding hydrogens is 281 g/mol. The van der Waals surface area contributed by atoms with Crippen molar-refractivity contribution in [2.45, 2.75) is 13.0 Å². The van der Waals surface area contributed by atoms with Gasteiger partial charge in [0.05, 0.1) is 6.54 Å². The average Bonchev–Trinajstić information content (AvgIpc) is 2.44. The number of hydrogen-bond acceptors (Lipinski definition) is 3. The highest BCUT2D eigenvalue weighted by Gasteiger charge is 2.38. The molecule has 1 aliphatic rings. The summed E-state index contributed by atoms with van der Waals surface area (Å²) in [6.45, 7) is 2.34. The van der Waals surface area contributed by atoms with Gasteiger partial charge in [0.15, 0.2) is 0 Å². The predicted octanol–water partition coefficient (Wildman–Crippen LogP) is 3.82. The summed E-state index contributed by atoms with van der Waals surface area (Å²) in [5.74, 6) is -0.0646. The zero-order valence-electron chi connectivity index (χ0n) is 10.8. The molecule has 1 aliphatic heterocycles. The molecule has 2 aromatic rings. The standard InChI is InChI=1S/C14H13ClFN3O/c1-9-8-17-12-6-7-13(15)18-14(12)19(9,20)11-4-2-10(16)3-5-11/h2-7,9,17H,8H2,1H3. The lowest BCUT2D eigenvalue weighted by atomic mass is 10.1. The summed E-state index contributed by atoms with van der Waals surface area (Å²) in [6.07, 6.45) is 0. The molecule has 20 heavy (non-hydrogen) atoms. The first-order chi connectivity index (χ1) is 9.51. The number of hydrogen-bond donors (Lipinski definition) is 1. The van der Waals surface area contributed by atoms with E-state index in [4.69, 9.17) is 11.6 Å². The average molecular weight is 294 g/mol. The third kappa shape index (κ3) is 1.95. The molecule has 0 saturated heterocycles. The molecule has 1 aromatic carbocycles. The van der Waals surface area contributed by atoms with E-state index in [9.17, 15) is 9.60 Å². The van der Waals surface area contributed by atoms with Crippen LogP contribution < -0.4 is 9.96 Å². The van der Waals surface area contributed by atoms with Gasteiger partial charge in [-0.3, -0.25) is 4.65 Å². The number of quaternary nitrogens is 1. The Bertz CT molecular complexity index is 649. The molecule has 1 aromatic heterocycles. The normalized spacial score (nSPS) is 24.9. The summed E-state index contributed by atoms with van der Waals surface area (Å²) in [5.41, 5.74) is 1.10. The fourth-order valence-electron chi connectivity index (χ4n) is 2.45. The smallest absolute Gasteiger partial charge is 0.258 e. The third-order valence-corrected chi connectivity index (χ3v) is 3.79. The minimum absolute atomic E-state index is 0.264. The van der Waals surface area contributed by atoms with Crippen LogP contribution in [-0.4, -0.2) is 17.6 Å².